The average molecular weight is 451 g/mol. The third kappa shape index (κ3) is 2.58. The third-order valence-electron chi connectivity index (χ3n) is 6.16. The van der Waals surface area contributed by atoms with Crippen molar-refractivity contribution in [3.05, 3.63) is 47.2 Å². The molecule has 2 aromatic carbocycles. The van der Waals surface area contributed by atoms with Gasteiger partial charge in [-0.15, -0.1) is 0 Å². The van der Waals surface area contributed by atoms with Crippen molar-refractivity contribution in [2.45, 2.75) is 24.5 Å². The van der Waals surface area contributed by atoms with Crippen molar-refractivity contribution in [1.29, 1.82) is 0 Å². The molecule has 1 aliphatic heterocycles. The lowest BCUT2D eigenvalue weighted by molar-refractivity contribution is -0.169. The Morgan fingerprint density at radius 2 is 2.03 bits per heavy atom. The number of carboxylic acid groups (broad SMARTS) is 1. The number of ether oxygens (including phenoxy) is 2. The number of nitrogens with zero attached hydrogens (tertiary/aromatic N) is 1. The SMILES string of the molecule is COC(=O)C12Oc3cc4cnc5c(C(=O)O)cccc5c4c(O)c3C(O)=C1C(=O)CCC2O. The van der Waals surface area contributed by atoms with Crippen LogP contribution in [0.1, 0.15) is 28.8 Å². The van der Waals surface area contributed by atoms with Gasteiger partial charge >= 0.3 is 11.9 Å². The zero-order valence-corrected chi connectivity index (χ0v) is 17.2. The molecule has 10 heteroatoms. The number of phenols is 1. The highest BCUT2D eigenvalue weighted by atomic mass is 16.6. The number of carboxylic acids is 1. The molecule has 0 radical (unpaired) electrons. The minimum atomic E-state index is -2.29. The van der Waals surface area contributed by atoms with Crippen LogP contribution in [0.2, 0.25) is 0 Å². The van der Waals surface area contributed by atoms with Gasteiger partial charge in [0.25, 0.3) is 5.60 Å². The molecule has 0 amide bonds. The fourth-order valence-corrected chi connectivity index (χ4v) is 4.68. The van der Waals surface area contributed by atoms with Crippen LogP contribution in [-0.2, 0) is 14.3 Å². The Hall–Kier alpha value is -4.18. The largest absolute Gasteiger partial charge is 0.506 e. The van der Waals surface area contributed by atoms with Crippen LogP contribution in [0.5, 0.6) is 11.5 Å². The summed E-state index contributed by atoms with van der Waals surface area (Å²) >= 11 is 0. The molecule has 3 aromatic rings. The predicted molar refractivity (Wildman–Crippen MR) is 113 cm³/mol. The van der Waals surface area contributed by atoms with E-state index in [0.717, 1.165) is 7.11 Å². The first-order valence-corrected chi connectivity index (χ1v) is 9.95. The monoisotopic (exact) mass is 451 g/mol. The molecule has 33 heavy (non-hydrogen) atoms. The highest BCUT2D eigenvalue weighted by Crippen LogP contribution is 2.51. The van der Waals surface area contributed by atoms with Crippen molar-refractivity contribution in [3.8, 4) is 11.5 Å². The van der Waals surface area contributed by atoms with Gasteiger partial charge in [-0.25, -0.2) is 9.59 Å². The molecule has 10 nitrogen and oxygen atoms in total. The van der Waals surface area contributed by atoms with Gasteiger partial charge in [0.05, 0.1) is 23.8 Å². The molecule has 2 atom stereocenters. The second kappa shape index (κ2) is 6.91. The van der Waals surface area contributed by atoms with Crippen molar-refractivity contribution in [1.82, 2.24) is 4.98 Å². The Bertz CT molecular complexity index is 1440. The first kappa shape index (κ1) is 20.7. The van der Waals surface area contributed by atoms with E-state index in [1.807, 2.05) is 0 Å². The van der Waals surface area contributed by atoms with Gasteiger partial charge in [0.1, 0.15) is 28.9 Å². The first-order chi connectivity index (χ1) is 15.7. The van der Waals surface area contributed by atoms with E-state index in [0.29, 0.717) is 10.8 Å². The summed E-state index contributed by atoms with van der Waals surface area (Å²) in [6, 6.07) is 5.80. The normalized spacial score (nSPS) is 22.0. The van der Waals surface area contributed by atoms with Gasteiger partial charge in [-0.2, -0.15) is 0 Å². The number of pyridine rings is 1. The summed E-state index contributed by atoms with van der Waals surface area (Å²) in [4.78, 5) is 41.3. The Morgan fingerprint density at radius 1 is 1.27 bits per heavy atom. The van der Waals surface area contributed by atoms with Gasteiger partial charge in [0.15, 0.2) is 5.78 Å². The summed E-state index contributed by atoms with van der Waals surface area (Å²) in [7, 11) is 1.06. The number of phenolic OH excluding ortho intramolecular Hbond substituents is 1. The molecule has 1 fully saturated rings. The Balaban J connectivity index is 1.89. The van der Waals surface area contributed by atoms with Gasteiger partial charge in [0, 0.05) is 28.8 Å². The van der Waals surface area contributed by atoms with Crippen molar-refractivity contribution in [2.75, 3.05) is 7.11 Å². The predicted octanol–water partition coefficient (Wildman–Crippen LogP) is 2.09. The number of carbonyl (C=O) groups excluding carboxylic acids is 2. The summed E-state index contributed by atoms with van der Waals surface area (Å²) in [5.41, 5.74) is -3.01. The fraction of sp³-hybridized carbons (Fsp3) is 0.217. The van der Waals surface area contributed by atoms with Crippen LogP contribution < -0.4 is 4.74 Å². The van der Waals surface area contributed by atoms with E-state index in [1.54, 1.807) is 6.07 Å². The number of aliphatic hydroxyl groups is 2. The molecule has 168 valence electrons. The number of Topliss-reactive ketones (excluding diaryl/α,β-unsaturated/α-hetero) is 1. The van der Waals surface area contributed by atoms with Crippen LogP contribution in [0.3, 0.4) is 0 Å². The number of methoxy groups -OCH3 is 1. The van der Waals surface area contributed by atoms with Crippen LogP contribution in [0.4, 0.5) is 0 Å². The molecule has 1 saturated carbocycles. The lowest BCUT2D eigenvalue weighted by atomic mass is 9.73. The van der Waals surface area contributed by atoms with Crippen molar-refractivity contribution >= 4 is 45.2 Å². The smallest absolute Gasteiger partial charge is 0.358 e. The molecular weight excluding hydrogens is 434 g/mol. The Labute approximate surface area is 185 Å². The summed E-state index contributed by atoms with van der Waals surface area (Å²) < 4.78 is 10.6. The lowest BCUT2D eigenvalue weighted by Crippen LogP contribution is -2.61. The third-order valence-corrected chi connectivity index (χ3v) is 6.16. The number of ketones is 1. The van der Waals surface area contributed by atoms with Crippen molar-refractivity contribution in [2.24, 2.45) is 0 Å². The maximum atomic E-state index is 12.8. The first-order valence-electron chi connectivity index (χ1n) is 9.95. The number of rotatable bonds is 2. The number of hydrogen-bond acceptors (Lipinski definition) is 9. The highest BCUT2D eigenvalue weighted by molar-refractivity contribution is 6.17. The van der Waals surface area contributed by atoms with Crippen LogP contribution in [0, 0.1) is 0 Å². The van der Waals surface area contributed by atoms with Gasteiger partial charge in [0.2, 0.25) is 0 Å². The fourth-order valence-electron chi connectivity index (χ4n) is 4.68. The van der Waals surface area contributed by atoms with Crippen molar-refractivity contribution < 1.29 is 44.3 Å². The van der Waals surface area contributed by atoms with Crippen LogP contribution in [-0.4, -0.2) is 61.9 Å². The van der Waals surface area contributed by atoms with Gasteiger partial charge < -0.3 is 29.9 Å². The maximum absolute atomic E-state index is 12.8. The zero-order chi connectivity index (χ0) is 23.7. The molecule has 4 N–H and O–H groups in total. The molecule has 1 aromatic heterocycles. The number of hydrogen-bond donors (Lipinski definition) is 4. The van der Waals surface area contributed by atoms with Gasteiger partial charge in [-0.05, 0) is 18.6 Å². The molecule has 2 unspecified atom stereocenters. The molecule has 5 rings (SSSR count). The molecule has 0 saturated heterocycles. The van der Waals surface area contributed by atoms with Crippen LogP contribution in [0.15, 0.2) is 36.0 Å². The number of aromatic hydroxyl groups is 1. The summed E-state index contributed by atoms with van der Waals surface area (Å²) in [6.45, 7) is 0. The van der Waals surface area contributed by atoms with E-state index in [9.17, 15) is 34.8 Å². The topological polar surface area (TPSA) is 163 Å². The maximum Gasteiger partial charge on any atom is 0.358 e. The Morgan fingerprint density at radius 3 is 2.73 bits per heavy atom. The number of esters is 1. The molecule has 2 aliphatic rings. The molecule has 0 spiro atoms. The molecule has 2 heterocycles. The number of aliphatic hydroxyl groups excluding tert-OH is 2. The zero-order valence-electron chi connectivity index (χ0n) is 17.2. The number of benzene rings is 2. The molecule has 0 bridgehead atoms. The van der Waals surface area contributed by atoms with E-state index >= 15 is 0 Å². The number of aromatic carboxylic acids is 1. The van der Waals surface area contributed by atoms with E-state index in [1.165, 1.54) is 24.4 Å². The van der Waals surface area contributed by atoms with Crippen LogP contribution >= 0.6 is 0 Å². The van der Waals surface area contributed by atoms with Crippen LogP contribution in [0.25, 0.3) is 27.4 Å². The number of carbonyl (C=O) groups is 3. The van der Waals surface area contributed by atoms with Crippen molar-refractivity contribution in [3.63, 3.8) is 0 Å². The summed E-state index contributed by atoms with van der Waals surface area (Å²) in [5.74, 6) is -4.30. The standard InChI is InChI=1S/C23H17NO9/c1-32-22(31)23-14(26)6-5-12(25)17(23)20(28)16-13(33-23)7-9-8-24-18-10(15(9)19(16)27)3-2-4-11(18)21(29)30/h2-4,7-8,14,26-28H,5-6H2,1H3,(H,29,30). The summed E-state index contributed by atoms with van der Waals surface area (Å²) in [6.07, 6.45) is -0.416. The van der Waals surface area contributed by atoms with E-state index in [4.69, 9.17) is 9.47 Å². The van der Waals surface area contributed by atoms with Gasteiger partial charge in [-0.1, -0.05) is 12.1 Å². The van der Waals surface area contributed by atoms with E-state index < -0.39 is 46.5 Å². The second-order valence-corrected chi connectivity index (χ2v) is 7.86. The minimum Gasteiger partial charge on any atom is -0.506 e. The quantitative estimate of drug-likeness (QED) is 0.335. The second-order valence-electron chi connectivity index (χ2n) is 7.86. The highest BCUT2D eigenvalue weighted by Gasteiger charge is 2.61. The molecule has 1 aliphatic carbocycles. The average Bonchev–Trinajstić information content (AvgIpc) is 2.79. The number of para-hydroxylation sites is 1. The van der Waals surface area contributed by atoms with E-state index in [-0.39, 0.29) is 40.6 Å². The summed E-state index contributed by atoms with van der Waals surface area (Å²) in [5, 5.41) is 43.2. The number of aromatic nitrogens is 1. The number of fused-ring (bicyclic) bond motifs is 5. The molecular formula is C23H17NO9. The minimum absolute atomic E-state index is 0.0827. The Kier molecular flexibility index (Phi) is 4.34. The van der Waals surface area contributed by atoms with E-state index in [2.05, 4.69) is 4.98 Å². The lowest BCUT2D eigenvalue weighted by Gasteiger charge is -2.43. The van der Waals surface area contributed by atoms with Gasteiger partial charge in [-0.3, -0.25) is 9.78 Å².